The van der Waals surface area contributed by atoms with Crippen LogP contribution in [0.3, 0.4) is 0 Å². The Balaban J connectivity index is 2.34. The maximum absolute atomic E-state index is 13.1. The standard InChI is InChI=1S/C12H9Cl2FN2O2S/c1-5-9(11(18)19-2)16-12(20-5)17-10-7(13)3-6(15)4-8(10)14/h3-4H,1-2H3,(H,16,17). The highest BCUT2D eigenvalue weighted by molar-refractivity contribution is 7.15. The van der Waals surface area contributed by atoms with E-state index in [9.17, 15) is 9.18 Å². The van der Waals surface area contributed by atoms with Gasteiger partial charge in [-0.05, 0) is 19.1 Å². The summed E-state index contributed by atoms with van der Waals surface area (Å²) in [6, 6.07) is 2.27. The number of aryl methyl sites for hydroxylation is 1. The normalized spacial score (nSPS) is 10.4. The van der Waals surface area contributed by atoms with Gasteiger partial charge in [0.1, 0.15) is 5.82 Å². The van der Waals surface area contributed by atoms with Crippen LogP contribution in [0.25, 0.3) is 0 Å². The molecule has 0 amide bonds. The fraction of sp³-hybridized carbons (Fsp3) is 0.167. The molecule has 1 N–H and O–H groups in total. The number of aromatic nitrogens is 1. The quantitative estimate of drug-likeness (QED) is 0.843. The molecule has 2 aromatic rings. The molecule has 1 aromatic carbocycles. The number of halogens is 3. The van der Waals surface area contributed by atoms with Gasteiger partial charge in [0.05, 0.1) is 22.8 Å². The van der Waals surface area contributed by atoms with Crippen molar-refractivity contribution in [1.82, 2.24) is 4.98 Å². The predicted octanol–water partition coefficient (Wildman–Crippen LogP) is 4.43. The van der Waals surface area contributed by atoms with Crippen molar-refractivity contribution in [2.24, 2.45) is 0 Å². The maximum Gasteiger partial charge on any atom is 0.357 e. The molecular weight excluding hydrogens is 326 g/mol. The van der Waals surface area contributed by atoms with Crippen molar-refractivity contribution in [2.75, 3.05) is 12.4 Å². The summed E-state index contributed by atoms with van der Waals surface area (Å²) in [4.78, 5) is 16.3. The average molecular weight is 335 g/mol. The molecule has 20 heavy (non-hydrogen) atoms. The van der Waals surface area contributed by atoms with Gasteiger partial charge in [-0.2, -0.15) is 0 Å². The molecule has 0 aliphatic rings. The third-order valence-electron chi connectivity index (χ3n) is 2.41. The van der Waals surface area contributed by atoms with Gasteiger partial charge in [0, 0.05) is 4.88 Å². The van der Waals surface area contributed by atoms with Crippen molar-refractivity contribution in [3.8, 4) is 0 Å². The first-order valence-electron chi connectivity index (χ1n) is 5.39. The third-order valence-corrected chi connectivity index (χ3v) is 3.90. The number of hydrogen-bond acceptors (Lipinski definition) is 5. The van der Waals surface area contributed by atoms with Gasteiger partial charge in [-0.3, -0.25) is 0 Å². The molecule has 2 rings (SSSR count). The first kappa shape index (κ1) is 15.0. The Morgan fingerprint density at radius 1 is 1.40 bits per heavy atom. The van der Waals surface area contributed by atoms with Crippen LogP contribution >= 0.6 is 34.5 Å². The Morgan fingerprint density at radius 3 is 2.55 bits per heavy atom. The minimum atomic E-state index is -0.531. The highest BCUT2D eigenvalue weighted by atomic mass is 35.5. The zero-order chi connectivity index (χ0) is 14.9. The van der Waals surface area contributed by atoms with Crippen molar-refractivity contribution in [3.05, 3.63) is 38.6 Å². The van der Waals surface area contributed by atoms with Crippen molar-refractivity contribution in [3.63, 3.8) is 0 Å². The largest absolute Gasteiger partial charge is 0.464 e. The zero-order valence-corrected chi connectivity index (χ0v) is 12.8. The Labute approximate surface area is 128 Å². The minimum absolute atomic E-state index is 0.127. The molecule has 0 aliphatic carbocycles. The first-order valence-corrected chi connectivity index (χ1v) is 6.97. The van der Waals surface area contributed by atoms with Gasteiger partial charge in [0.15, 0.2) is 10.8 Å². The number of esters is 1. The van der Waals surface area contributed by atoms with Crippen LogP contribution in [0.4, 0.5) is 15.2 Å². The summed E-state index contributed by atoms with van der Waals surface area (Å²) >= 11 is 13.1. The number of nitrogens with one attached hydrogen (secondary N) is 1. The minimum Gasteiger partial charge on any atom is -0.464 e. The summed E-state index contributed by atoms with van der Waals surface area (Å²) in [5.41, 5.74) is 0.550. The second kappa shape index (κ2) is 5.95. The van der Waals surface area contributed by atoms with E-state index < -0.39 is 11.8 Å². The highest BCUT2D eigenvalue weighted by Gasteiger charge is 2.17. The lowest BCUT2D eigenvalue weighted by atomic mass is 10.3. The molecule has 0 saturated heterocycles. The lowest BCUT2D eigenvalue weighted by molar-refractivity contribution is 0.0594. The molecule has 0 atom stereocenters. The summed E-state index contributed by atoms with van der Waals surface area (Å²) in [5.74, 6) is -1.06. The molecule has 106 valence electrons. The number of hydrogen-bond donors (Lipinski definition) is 1. The van der Waals surface area contributed by atoms with Gasteiger partial charge in [-0.25, -0.2) is 14.2 Å². The van der Waals surface area contributed by atoms with Crippen LogP contribution in [0.15, 0.2) is 12.1 Å². The SMILES string of the molecule is COC(=O)c1nc(Nc2c(Cl)cc(F)cc2Cl)sc1C. The van der Waals surface area contributed by atoms with Gasteiger partial charge in [-0.1, -0.05) is 23.2 Å². The number of carbonyl (C=O) groups is 1. The summed E-state index contributed by atoms with van der Waals surface area (Å²) in [5, 5.41) is 3.55. The lowest BCUT2D eigenvalue weighted by Gasteiger charge is -2.07. The van der Waals surface area contributed by atoms with Crippen LogP contribution in [0.5, 0.6) is 0 Å². The second-order valence-electron chi connectivity index (χ2n) is 3.78. The summed E-state index contributed by atoms with van der Waals surface area (Å²) < 4.78 is 17.7. The summed E-state index contributed by atoms with van der Waals surface area (Å²) in [6.45, 7) is 1.74. The first-order chi connectivity index (χ1) is 9.42. The van der Waals surface area contributed by atoms with Gasteiger partial charge in [0.2, 0.25) is 0 Å². The number of anilines is 2. The van der Waals surface area contributed by atoms with E-state index in [1.807, 2.05) is 0 Å². The van der Waals surface area contributed by atoms with Crippen LogP contribution in [-0.4, -0.2) is 18.1 Å². The van der Waals surface area contributed by atoms with E-state index in [1.54, 1.807) is 6.92 Å². The van der Waals surface area contributed by atoms with E-state index in [2.05, 4.69) is 15.0 Å². The van der Waals surface area contributed by atoms with Gasteiger partial charge in [-0.15, -0.1) is 11.3 Å². The smallest absolute Gasteiger partial charge is 0.357 e. The molecule has 1 heterocycles. The van der Waals surface area contributed by atoms with E-state index in [-0.39, 0.29) is 15.7 Å². The Bertz CT molecular complexity index is 652. The van der Waals surface area contributed by atoms with Crippen molar-refractivity contribution in [1.29, 1.82) is 0 Å². The van der Waals surface area contributed by atoms with E-state index in [4.69, 9.17) is 23.2 Å². The Hall–Kier alpha value is -1.37. The number of carbonyl (C=O) groups excluding carboxylic acids is 1. The molecule has 0 spiro atoms. The fourth-order valence-corrected chi connectivity index (χ4v) is 2.87. The van der Waals surface area contributed by atoms with E-state index in [0.29, 0.717) is 15.7 Å². The molecular formula is C12H9Cl2FN2O2S. The number of benzene rings is 1. The summed E-state index contributed by atoms with van der Waals surface area (Å²) in [7, 11) is 1.28. The van der Waals surface area contributed by atoms with Gasteiger partial charge < -0.3 is 10.1 Å². The fourth-order valence-electron chi connectivity index (χ4n) is 1.50. The second-order valence-corrected chi connectivity index (χ2v) is 5.80. The van der Waals surface area contributed by atoms with Crippen LogP contribution < -0.4 is 5.32 Å². The molecule has 0 radical (unpaired) electrons. The molecule has 4 nitrogen and oxygen atoms in total. The van der Waals surface area contributed by atoms with Gasteiger partial charge in [0.25, 0.3) is 0 Å². The van der Waals surface area contributed by atoms with Crippen LogP contribution in [0, 0.1) is 12.7 Å². The molecule has 0 bridgehead atoms. The molecule has 0 aliphatic heterocycles. The topological polar surface area (TPSA) is 51.2 Å². The van der Waals surface area contributed by atoms with Crippen LogP contribution in [0.2, 0.25) is 10.0 Å². The highest BCUT2D eigenvalue weighted by Crippen LogP contribution is 2.35. The van der Waals surface area contributed by atoms with Crippen LogP contribution in [0.1, 0.15) is 15.4 Å². The van der Waals surface area contributed by atoms with Crippen molar-refractivity contribution in [2.45, 2.75) is 6.92 Å². The summed E-state index contributed by atoms with van der Waals surface area (Å²) in [6.07, 6.45) is 0. The zero-order valence-electron chi connectivity index (χ0n) is 10.5. The molecule has 0 fully saturated rings. The monoisotopic (exact) mass is 334 g/mol. The van der Waals surface area contributed by atoms with Gasteiger partial charge >= 0.3 is 5.97 Å². The lowest BCUT2D eigenvalue weighted by Crippen LogP contribution is -2.03. The van der Waals surface area contributed by atoms with Crippen LogP contribution in [-0.2, 0) is 4.74 Å². The third kappa shape index (κ3) is 3.03. The van der Waals surface area contributed by atoms with Crippen molar-refractivity contribution < 1.29 is 13.9 Å². The number of thiazole rings is 1. The molecule has 8 heteroatoms. The Morgan fingerprint density at radius 2 is 2.00 bits per heavy atom. The van der Waals surface area contributed by atoms with E-state index >= 15 is 0 Å². The number of nitrogens with zero attached hydrogens (tertiary/aromatic N) is 1. The predicted molar refractivity (Wildman–Crippen MR) is 77.9 cm³/mol. The van der Waals surface area contributed by atoms with E-state index in [0.717, 1.165) is 12.1 Å². The average Bonchev–Trinajstić information content (AvgIpc) is 2.74. The van der Waals surface area contributed by atoms with E-state index in [1.165, 1.54) is 18.4 Å². The number of methoxy groups -OCH3 is 1. The maximum atomic E-state index is 13.1. The number of ether oxygens (including phenoxy) is 1. The molecule has 0 unspecified atom stereocenters. The number of rotatable bonds is 3. The molecule has 0 saturated carbocycles. The van der Waals surface area contributed by atoms with Crippen molar-refractivity contribution >= 4 is 51.3 Å². The Kier molecular flexibility index (Phi) is 4.47. The molecule has 1 aromatic heterocycles.